The topological polar surface area (TPSA) is 155 Å². The molecule has 0 aromatic rings. The van der Waals surface area contributed by atoms with E-state index in [4.69, 9.17) is 21.1 Å². The van der Waals surface area contributed by atoms with Crippen molar-refractivity contribution in [3.05, 3.63) is 0 Å². The predicted octanol–water partition coefficient (Wildman–Crippen LogP) is 3.96. The third-order valence-electron chi connectivity index (χ3n) is 4.35. The second-order valence-corrected chi connectivity index (χ2v) is 10.1. The van der Waals surface area contributed by atoms with E-state index < -0.39 is 35.3 Å². The number of hydrogen-bond acceptors (Lipinski definition) is 6. The van der Waals surface area contributed by atoms with Crippen LogP contribution in [0, 0.1) is 10.8 Å². The number of carboxylic acids is 2. The highest BCUT2D eigenvalue weighted by Gasteiger charge is 2.39. The minimum absolute atomic E-state index is 0.0208. The van der Waals surface area contributed by atoms with Gasteiger partial charge in [-0.3, -0.25) is 14.4 Å². The molecule has 0 spiro atoms. The van der Waals surface area contributed by atoms with Gasteiger partial charge in [0.25, 0.3) is 0 Å². The lowest BCUT2D eigenvalue weighted by molar-refractivity contribution is -0.153. The van der Waals surface area contributed by atoms with Crippen molar-refractivity contribution in [3.63, 3.8) is 0 Å². The summed E-state index contributed by atoms with van der Waals surface area (Å²) in [4.78, 5) is 40.7. The molecule has 0 saturated heterocycles. The molecule has 0 radical (unpaired) electrons. The van der Waals surface area contributed by atoms with Gasteiger partial charge in [-0.15, -0.1) is 0 Å². The Morgan fingerprint density at radius 1 is 0.879 bits per heavy atom. The van der Waals surface area contributed by atoms with Crippen molar-refractivity contribution in [2.75, 3.05) is 0 Å². The number of rotatable bonds is 7. The van der Waals surface area contributed by atoms with E-state index in [1.165, 1.54) is 20.8 Å². The number of aliphatic carboxylic acids is 2. The first-order valence-electron chi connectivity index (χ1n) is 10.5. The smallest absolute Gasteiger partial charge is 0.341 e. The Hall–Kier alpha value is -1.94. The Morgan fingerprint density at radius 3 is 1.24 bits per heavy atom. The normalized spacial score (nSPS) is 13.9. The average Bonchev–Trinajstić information content (AvgIpc) is 2.50. The summed E-state index contributed by atoms with van der Waals surface area (Å²) in [7, 11) is 0. The summed E-state index contributed by atoms with van der Waals surface area (Å²) in [5, 5.41) is 24.8. The van der Waals surface area contributed by atoms with Gasteiger partial charge in [0.05, 0.1) is 11.5 Å². The number of hydrogen-bond donors (Lipinski definition) is 4. The first-order chi connectivity index (χ1) is 14.3. The number of ketones is 2. The van der Waals surface area contributed by atoms with Crippen molar-refractivity contribution in [1.29, 1.82) is 0 Å². The predicted molar refractivity (Wildman–Crippen MR) is 125 cm³/mol. The summed E-state index contributed by atoms with van der Waals surface area (Å²) in [6.07, 6.45) is -3.06. The van der Waals surface area contributed by atoms with E-state index in [9.17, 15) is 28.0 Å². The fraction of sp³-hybridized carbons (Fsp3) is 0.826. The molecule has 0 rings (SSSR count). The molecule has 0 aliphatic heterocycles. The summed E-state index contributed by atoms with van der Waals surface area (Å²) in [5.74, 6) is -2.30. The highest BCUT2D eigenvalue weighted by Crippen LogP contribution is 2.37. The van der Waals surface area contributed by atoms with Crippen LogP contribution in [-0.4, -0.2) is 62.8 Å². The van der Waals surface area contributed by atoms with Crippen LogP contribution in [0.5, 0.6) is 0 Å². The van der Waals surface area contributed by atoms with Crippen LogP contribution in [-0.2, 0) is 19.2 Å². The molecule has 33 heavy (non-hydrogen) atoms. The van der Waals surface area contributed by atoms with Gasteiger partial charge >= 0.3 is 11.9 Å². The molecule has 0 heterocycles. The molecule has 0 fully saturated rings. The monoisotopic (exact) mass is 485 g/mol. The molecule has 10 heteroatoms. The Balaban J connectivity index is -0.000000171. The molecule has 5 N–H and O–H groups in total. The average molecular weight is 486 g/mol. The van der Waals surface area contributed by atoms with E-state index in [0.717, 1.165) is 6.92 Å². The van der Waals surface area contributed by atoms with Gasteiger partial charge in [-0.2, -0.15) is 0 Å². The number of alkyl halides is 2. The van der Waals surface area contributed by atoms with Crippen LogP contribution in [0.2, 0.25) is 0 Å². The fourth-order valence-corrected chi connectivity index (χ4v) is 1.57. The molecule has 0 saturated carbocycles. The van der Waals surface area contributed by atoms with E-state index in [1.807, 2.05) is 27.7 Å². The quantitative estimate of drug-likeness (QED) is 0.422. The van der Waals surface area contributed by atoms with Crippen LogP contribution < -0.4 is 5.73 Å². The number of Topliss-reactive ketones (excluding diaryl/α,β-unsaturated/α-hetero) is 2. The van der Waals surface area contributed by atoms with E-state index in [0.29, 0.717) is 6.42 Å². The number of carbonyl (C=O) groups is 4. The molecule has 8 nitrogen and oxygen atoms in total. The SMILES string of the molecule is CC(=O)CC(C)(C)F.CC(=O)CC(C)N.CC(C)(C)C(C)(C)C(=O)O.CC(O)C(F)C(=O)O. The second-order valence-electron chi connectivity index (χ2n) is 10.1. The molecule has 198 valence electrons. The van der Waals surface area contributed by atoms with E-state index >= 15 is 0 Å². The molecule has 0 amide bonds. The van der Waals surface area contributed by atoms with Crippen molar-refractivity contribution in [3.8, 4) is 0 Å². The van der Waals surface area contributed by atoms with Crippen LogP contribution in [0.1, 0.15) is 89.0 Å². The molecule has 3 unspecified atom stereocenters. The van der Waals surface area contributed by atoms with Crippen molar-refractivity contribution in [2.45, 2.75) is 113 Å². The van der Waals surface area contributed by atoms with Crippen molar-refractivity contribution >= 4 is 23.5 Å². The summed E-state index contributed by atoms with van der Waals surface area (Å²) in [6, 6.07) is 0.0255. The lowest BCUT2D eigenvalue weighted by Gasteiger charge is -2.34. The molecule has 0 aliphatic carbocycles. The van der Waals surface area contributed by atoms with Crippen LogP contribution >= 0.6 is 0 Å². The Bertz CT molecular complexity index is 605. The highest BCUT2D eigenvalue weighted by atomic mass is 19.1. The van der Waals surface area contributed by atoms with Crippen molar-refractivity contribution < 1.29 is 43.3 Å². The van der Waals surface area contributed by atoms with Gasteiger partial charge in [-0.1, -0.05) is 20.8 Å². The maximum atomic E-state index is 12.4. The number of carbonyl (C=O) groups excluding carboxylic acids is 2. The molecule has 0 aliphatic rings. The molecule has 0 aromatic carbocycles. The molecule has 3 atom stereocenters. The van der Waals surface area contributed by atoms with E-state index in [-0.39, 0.29) is 29.4 Å². The Labute approximate surface area is 196 Å². The van der Waals surface area contributed by atoms with E-state index in [1.54, 1.807) is 20.8 Å². The third kappa shape index (κ3) is 26.2. The van der Waals surface area contributed by atoms with Gasteiger partial charge in [-0.25, -0.2) is 13.6 Å². The molecular formula is C23H45F2NO7. The van der Waals surface area contributed by atoms with Gasteiger partial charge in [0.2, 0.25) is 6.17 Å². The van der Waals surface area contributed by atoms with Gasteiger partial charge in [0.1, 0.15) is 17.2 Å². The number of aliphatic hydroxyl groups excluding tert-OH is 1. The van der Waals surface area contributed by atoms with Crippen molar-refractivity contribution in [1.82, 2.24) is 0 Å². The third-order valence-corrected chi connectivity index (χ3v) is 4.35. The second kappa shape index (κ2) is 16.6. The maximum absolute atomic E-state index is 12.4. The zero-order valence-electron chi connectivity index (χ0n) is 22.0. The molecule has 0 aromatic heterocycles. The van der Waals surface area contributed by atoms with Crippen LogP contribution in [0.25, 0.3) is 0 Å². The Kier molecular flexibility index (Phi) is 19.3. The van der Waals surface area contributed by atoms with Crippen LogP contribution in [0.15, 0.2) is 0 Å². The van der Waals surface area contributed by atoms with E-state index in [2.05, 4.69) is 0 Å². The lowest BCUT2D eigenvalue weighted by Crippen LogP contribution is -2.37. The summed E-state index contributed by atoms with van der Waals surface area (Å²) in [5.41, 5.74) is 3.12. The zero-order chi connectivity index (χ0) is 28.0. The molecule has 0 bridgehead atoms. The summed E-state index contributed by atoms with van der Waals surface area (Å²) in [6.45, 7) is 17.9. The number of nitrogens with two attached hydrogens (primary N) is 1. The first-order valence-corrected chi connectivity index (χ1v) is 10.5. The standard InChI is InChI=1S/C8H16O2.C6H11FO.C5H11NO.C4H7FO3/c1-7(2,3)8(4,5)6(9)10;1-5(8)4-6(2,3)7;1-4(6)3-5(2)7;1-2(6)3(5)4(7)8/h1-5H3,(H,9,10);4H2,1-3H3;4H,3,6H2,1-2H3;2-3,6H,1H3,(H,7,8). The zero-order valence-corrected chi connectivity index (χ0v) is 22.0. The van der Waals surface area contributed by atoms with Crippen molar-refractivity contribution in [2.24, 2.45) is 16.6 Å². The first kappa shape index (κ1) is 38.3. The summed E-state index contributed by atoms with van der Waals surface area (Å²) >= 11 is 0. The number of halogens is 2. The lowest BCUT2D eigenvalue weighted by atomic mass is 9.69. The number of carboxylic acid groups (broad SMARTS) is 2. The van der Waals surface area contributed by atoms with Gasteiger partial charge in [-0.05, 0) is 60.8 Å². The van der Waals surface area contributed by atoms with Crippen LogP contribution in [0.3, 0.4) is 0 Å². The number of aliphatic hydroxyl groups is 1. The van der Waals surface area contributed by atoms with Crippen LogP contribution in [0.4, 0.5) is 8.78 Å². The van der Waals surface area contributed by atoms with Gasteiger partial charge in [0, 0.05) is 18.9 Å². The maximum Gasteiger partial charge on any atom is 0.341 e. The minimum Gasteiger partial charge on any atom is -0.481 e. The largest absolute Gasteiger partial charge is 0.481 e. The van der Waals surface area contributed by atoms with Gasteiger partial charge in [0.15, 0.2) is 0 Å². The highest BCUT2D eigenvalue weighted by molar-refractivity contribution is 5.76. The fourth-order valence-electron chi connectivity index (χ4n) is 1.57. The summed E-state index contributed by atoms with van der Waals surface area (Å²) < 4.78 is 24.2. The minimum atomic E-state index is -2.16. The Morgan fingerprint density at radius 2 is 1.24 bits per heavy atom. The van der Waals surface area contributed by atoms with Gasteiger partial charge < -0.3 is 21.1 Å². The molecular weight excluding hydrogens is 440 g/mol.